The number of amides is 1. The number of rotatable bonds is 8. The maximum absolute atomic E-state index is 14.2. The molecule has 1 heterocycles. The van der Waals surface area contributed by atoms with Gasteiger partial charge < -0.3 is 15.4 Å². The van der Waals surface area contributed by atoms with Crippen molar-refractivity contribution in [2.75, 3.05) is 11.9 Å². The minimum Gasteiger partial charge on any atom is -0.449 e. The van der Waals surface area contributed by atoms with Crippen molar-refractivity contribution in [3.63, 3.8) is 0 Å². The Morgan fingerprint density at radius 1 is 1.32 bits per heavy atom. The number of hydrogen-bond acceptors (Lipinski definition) is 7. The number of hydrogen-bond donors (Lipinski definition) is 3. The third kappa shape index (κ3) is 7.25. The van der Waals surface area contributed by atoms with Crippen LogP contribution in [0.4, 0.5) is 34.0 Å². The van der Waals surface area contributed by atoms with E-state index in [2.05, 4.69) is 15.3 Å². The van der Waals surface area contributed by atoms with Crippen molar-refractivity contribution >= 4 is 27.8 Å². The summed E-state index contributed by atoms with van der Waals surface area (Å²) >= 11 is 0. The van der Waals surface area contributed by atoms with E-state index in [-0.39, 0.29) is 30.4 Å². The zero-order valence-electron chi connectivity index (χ0n) is 19.8. The average Bonchev–Trinajstić information content (AvgIpc) is 2.66. The number of carbonyl (C=O) groups excluding carboxylic acids is 1. The van der Waals surface area contributed by atoms with Gasteiger partial charge >= 0.3 is 12.3 Å². The number of nitrogens with zero attached hydrogens (tertiary/aromatic N) is 2. The topological polar surface area (TPSA) is 136 Å². The molecule has 1 aromatic heterocycles. The average molecular weight is 508 g/mol. The van der Waals surface area contributed by atoms with Crippen LogP contribution in [0.3, 0.4) is 0 Å². The summed E-state index contributed by atoms with van der Waals surface area (Å²) in [6, 6.07) is 1.78. The summed E-state index contributed by atoms with van der Waals surface area (Å²) in [5.74, 6) is -1.69. The molecule has 9 nitrogen and oxygen atoms in total. The largest absolute Gasteiger partial charge is 0.449 e. The zero-order chi connectivity index (χ0) is 26.9. The van der Waals surface area contributed by atoms with Crippen molar-refractivity contribution in [2.45, 2.75) is 49.2 Å². The highest BCUT2D eigenvalue weighted by molar-refractivity contribution is 7.89. The molecule has 2 aromatic rings. The van der Waals surface area contributed by atoms with E-state index < -0.39 is 57.9 Å². The molecule has 1 fully saturated rings. The smallest absolute Gasteiger partial charge is 0.407 e. The molecule has 34 heavy (non-hydrogen) atoms. The van der Waals surface area contributed by atoms with Gasteiger partial charge in [-0.05, 0) is 55.4 Å². The van der Waals surface area contributed by atoms with E-state index in [0.717, 1.165) is 19.1 Å². The highest BCUT2D eigenvalue weighted by Crippen LogP contribution is 2.41. The molecule has 1 amide bonds. The number of aromatic nitrogens is 2. The molecule has 0 unspecified atom stereocenters. The second-order valence-electron chi connectivity index (χ2n) is 7.89. The van der Waals surface area contributed by atoms with Gasteiger partial charge in [0.25, 0.3) is 0 Å². The predicted octanol–water partition coefficient (Wildman–Crippen LogP) is 3.57. The van der Waals surface area contributed by atoms with Gasteiger partial charge in [-0.3, -0.25) is 0 Å². The van der Waals surface area contributed by atoms with E-state index in [1.807, 2.05) is 5.32 Å². The maximum Gasteiger partial charge on any atom is 0.407 e. The first-order chi connectivity index (χ1) is 16.5. The fourth-order valence-electron chi connectivity index (χ4n) is 3.26. The van der Waals surface area contributed by atoms with Crippen LogP contribution in [0.5, 0.6) is 0 Å². The highest BCUT2D eigenvalue weighted by Gasteiger charge is 2.33. The van der Waals surface area contributed by atoms with Crippen LogP contribution in [0.25, 0.3) is 0 Å². The van der Waals surface area contributed by atoms with Crippen molar-refractivity contribution < 1.29 is 38.3 Å². The molecule has 0 aliphatic heterocycles. The lowest BCUT2D eigenvalue weighted by atomic mass is 9.72. The normalized spacial score (nSPS) is 20.4. The number of nitrogens with two attached hydrogens (primary N) is 1. The summed E-state index contributed by atoms with van der Waals surface area (Å²) in [5, 5.41) is 9.54. The lowest BCUT2D eigenvalue weighted by molar-refractivity contribution is -0.138. The number of ether oxygens (including phenoxy) is 1. The zero-order valence-corrected chi connectivity index (χ0v) is 18.6. The Hall–Kier alpha value is -3.00. The Morgan fingerprint density at radius 2 is 1.97 bits per heavy atom. The van der Waals surface area contributed by atoms with Crippen molar-refractivity contribution in [1.29, 1.82) is 0 Å². The van der Waals surface area contributed by atoms with Crippen molar-refractivity contribution in [2.24, 2.45) is 11.1 Å². The number of sulfonamides is 1. The molecule has 186 valence electrons. The summed E-state index contributed by atoms with van der Waals surface area (Å²) in [7, 11) is -4.06. The Kier molecular flexibility index (Phi) is 6.76. The third-order valence-corrected chi connectivity index (χ3v) is 5.93. The van der Waals surface area contributed by atoms with Gasteiger partial charge in [0.15, 0.2) is 0 Å². The second kappa shape index (κ2) is 10.1. The van der Waals surface area contributed by atoms with E-state index in [9.17, 15) is 30.8 Å². The van der Waals surface area contributed by atoms with Crippen LogP contribution in [-0.4, -0.2) is 43.3 Å². The maximum atomic E-state index is 14.2. The first-order valence-corrected chi connectivity index (χ1v) is 11.6. The number of nitrogens with one attached hydrogen (secondary N) is 2. The molecule has 0 saturated heterocycles. The van der Waals surface area contributed by atoms with Gasteiger partial charge in [0.05, 0.1) is 26.3 Å². The molecule has 0 bridgehead atoms. The van der Waals surface area contributed by atoms with Crippen molar-refractivity contribution in [1.82, 2.24) is 15.3 Å². The molecule has 0 spiro atoms. The first kappa shape index (κ1) is 22.8. The molecule has 0 radical (unpaired) electrons. The van der Waals surface area contributed by atoms with Gasteiger partial charge in [-0.2, -0.15) is 13.2 Å². The number of primary sulfonamides is 1. The molecule has 1 aromatic carbocycles. The fraction of sp³-hybridized carbons (Fsp3) is 0.450. The quantitative estimate of drug-likeness (QED) is 0.465. The SMILES string of the molecule is [2H]C([2H])(OC(=O)N[C@@H](C)CC(F)(F)F)C1CC(c2cnc(Nc3ccc(S(N)(=O)=O)cc3F)nc2)C1. The molecular weight excluding hydrogens is 482 g/mol. The molecule has 4 N–H and O–H groups in total. The third-order valence-electron chi connectivity index (χ3n) is 5.02. The summed E-state index contributed by atoms with van der Waals surface area (Å²) in [4.78, 5) is 19.6. The predicted molar refractivity (Wildman–Crippen MR) is 113 cm³/mol. The van der Waals surface area contributed by atoms with Crippen molar-refractivity contribution in [3.8, 4) is 0 Å². The number of carbonyl (C=O) groups is 1. The van der Waals surface area contributed by atoms with Gasteiger partial charge in [-0.1, -0.05) is 0 Å². The number of anilines is 2. The Morgan fingerprint density at radius 3 is 2.53 bits per heavy atom. The monoisotopic (exact) mass is 507 g/mol. The van der Waals surface area contributed by atoms with Gasteiger partial charge in [-0.15, -0.1) is 0 Å². The molecular formula is C20H23F4N5O4S. The highest BCUT2D eigenvalue weighted by atomic mass is 32.2. The Labute approximate surface area is 196 Å². The minimum absolute atomic E-state index is 0.0280. The fourth-order valence-corrected chi connectivity index (χ4v) is 3.79. The summed E-state index contributed by atoms with van der Waals surface area (Å²) in [6.07, 6.45) is -3.56. The van der Waals surface area contributed by atoms with Crippen LogP contribution in [0.15, 0.2) is 35.5 Å². The Bertz CT molecular complexity index is 1210. The first-order valence-electron chi connectivity index (χ1n) is 11.0. The van der Waals surface area contributed by atoms with E-state index in [4.69, 9.17) is 12.6 Å². The van der Waals surface area contributed by atoms with Gasteiger partial charge in [0.2, 0.25) is 16.0 Å². The van der Waals surface area contributed by atoms with E-state index in [1.165, 1.54) is 18.5 Å². The molecule has 1 atom stereocenters. The van der Waals surface area contributed by atoms with E-state index in [1.54, 1.807) is 0 Å². The molecule has 1 saturated carbocycles. The van der Waals surface area contributed by atoms with Crippen LogP contribution in [0, 0.1) is 11.7 Å². The minimum atomic E-state index is -4.48. The van der Waals surface area contributed by atoms with Crippen LogP contribution in [0.1, 0.15) is 40.4 Å². The second-order valence-corrected chi connectivity index (χ2v) is 9.45. The Balaban J connectivity index is 1.52. The van der Waals surface area contributed by atoms with Gasteiger partial charge in [0.1, 0.15) is 5.82 Å². The molecule has 1 aliphatic rings. The number of alkyl halides is 3. The summed E-state index contributed by atoms with van der Waals surface area (Å²) in [5.41, 5.74) is 0.577. The van der Waals surface area contributed by atoms with Gasteiger partial charge in [-0.25, -0.2) is 32.7 Å². The molecule has 1 aliphatic carbocycles. The van der Waals surface area contributed by atoms with Crippen LogP contribution < -0.4 is 15.8 Å². The summed E-state index contributed by atoms with van der Waals surface area (Å²) < 4.78 is 94.5. The van der Waals surface area contributed by atoms with Crippen LogP contribution >= 0.6 is 0 Å². The van der Waals surface area contributed by atoms with Gasteiger partial charge in [0, 0.05) is 18.4 Å². The van der Waals surface area contributed by atoms with Crippen LogP contribution in [-0.2, 0) is 14.8 Å². The lowest BCUT2D eigenvalue weighted by Crippen LogP contribution is -2.38. The van der Waals surface area contributed by atoms with E-state index in [0.29, 0.717) is 5.56 Å². The lowest BCUT2D eigenvalue weighted by Gasteiger charge is -2.34. The standard InChI is InChI=1S/C20H23F4N5O4S/c1-11(7-20(22,23)24)28-19(30)33-10-12-4-13(5-12)14-8-26-18(27-9-14)29-17-3-2-15(6-16(17)21)34(25,31)32/h2-3,6,8-9,11-13H,4-5,7,10H2,1H3,(H,28,30)(H2,25,31,32)(H,26,27,29)/t11-,12?,13?/m0/s1/i10D2. The summed E-state index contributed by atoms with van der Waals surface area (Å²) in [6.45, 7) is -1.25. The van der Waals surface area contributed by atoms with Crippen LogP contribution in [0.2, 0.25) is 0 Å². The molecule has 14 heteroatoms. The molecule has 3 rings (SSSR count). The number of benzene rings is 1. The number of alkyl carbamates (subject to hydrolysis) is 1. The van der Waals surface area contributed by atoms with Crippen molar-refractivity contribution in [3.05, 3.63) is 42.0 Å². The number of halogens is 4. The van der Waals surface area contributed by atoms with E-state index >= 15 is 0 Å².